The Balaban J connectivity index is 2.73. The maximum absolute atomic E-state index is 10.8. The second kappa shape index (κ2) is 3.04. The van der Waals surface area contributed by atoms with Gasteiger partial charge in [0.15, 0.2) is 5.78 Å². The van der Waals surface area contributed by atoms with Crippen molar-refractivity contribution in [2.24, 2.45) is 11.3 Å². The molecule has 1 rings (SSSR count). The van der Waals surface area contributed by atoms with Crippen molar-refractivity contribution in [1.29, 1.82) is 0 Å². The smallest absolute Gasteiger partial charge is 0.152 e. The van der Waals surface area contributed by atoms with E-state index in [4.69, 9.17) is 0 Å². The van der Waals surface area contributed by atoms with E-state index in [1.165, 1.54) is 5.57 Å². The Morgan fingerprint density at radius 3 is 2.50 bits per heavy atom. The van der Waals surface area contributed by atoms with Crippen LogP contribution in [0.5, 0.6) is 0 Å². The molecule has 0 bridgehead atoms. The van der Waals surface area contributed by atoms with Crippen LogP contribution in [0.3, 0.4) is 0 Å². The van der Waals surface area contributed by atoms with Gasteiger partial charge in [-0.15, -0.1) is 0 Å². The lowest BCUT2D eigenvalue weighted by Crippen LogP contribution is -2.13. The van der Waals surface area contributed by atoms with Crippen molar-refractivity contribution in [3.8, 4) is 0 Å². The molecule has 0 aliphatic heterocycles. The van der Waals surface area contributed by atoms with Crippen LogP contribution in [0.4, 0.5) is 0 Å². The van der Waals surface area contributed by atoms with Crippen LogP contribution in [0.15, 0.2) is 11.6 Å². The zero-order valence-electron chi connectivity index (χ0n) is 8.48. The summed E-state index contributed by atoms with van der Waals surface area (Å²) >= 11 is 0. The zero-order valence-corrected chi connectivity index (χ0v) is 8.48. The summed E-state index contributed by atoms with van der Waals surface area (Å²) in [5.74, 6) is 0.901. The van der Waals surface area contributed by atoms with Crippen LogP contribution < -0.4 is 0 Å². The first-order chi connectivity index (χ1) is 5.42. The van der Waals surface area contributed by atoms with Gasteiger partial charge in [0.05, 0.1) is 0 Å². The number of carbonyl (C=O) groups is 1. The molecular formula is C11H18O. The minimum atomic E-state index is 0.190. The molecule has 0 aromatic heterocycles. The van der Waals surface area contributed by atoms with Gasteiger partial charge in [-0.2, -0.15) is 0 Å². The van der Waals surface area contributed by atoms with Crippen molar-refractivity contribution < 1.29 is 4.79 Å². The minimum Gasteiger partial charge on any atom is -0.295 e. The third-order valence-corrected chi connectivity index (χ3v) is 2.99. The molecular weight excluding hydrogens is 148 g/mol. The Bertz CT molecular complexity index is 223. The van der Waals surface area contributed by atoms with E-state index in [1.807, 2.05) is 6.08 Å². The molecule has 1 fully saturated rings. The fourth-order valence-corrected chi connectivity index (χ4v) is 1.90. The van der Waals surface area contributed by atoms with E-state index in [0.29, 0.717) is 11.3 Å². The number of hydrogen-bond donors (Lipinski definition) is 0. The van der Waals surface area contributed by atoms with Gasteiger partial charge in [-0.3, -0.25) is 4.79 Å². The molecule has 1 saturated carbocycles. The number of allylic oxidation sites excluding steroid dienone is 2. The highest BCUT2D eigenvalue weighted by Gasteiger charge is 2.33. The molecule has 12 heavy (non-hydrogen) atoms. The Morgan fingerprint density at radius 2 is 2.17 bits per heavy atom. The van der Waals surface area contributed by atoms with Gasteiger partial charge < -0.3 is 0 Å². The summed E-state index contributed by atoms with van der Waals surface area (Å²) in [4.78, 5) is 10.8. The van der Waals surface area contributed by atoms with Gasteiger partial charge in [-0.1, -0.05) is 26.3 Å². The van der Waals surface area contributed by atoms with E-state index >= 15 is 0 Å². The molecule has 0 radical (unpaired) electrons. The van der Waals surface area contributed by atoms with Crippen molar-refractivity contribution in [2.45, 2.75) is 40.5 Å². The summed E-state index contributed by atoms with van der Waals surface area (Å²) in [6, 6.07) is 0. The maximum atomic E-state index is 10.8. The van der Waals surface area contributed by atoms with Crippen LogP contribution in [-0.2, 0) is 4.79 Å². The second-order valence-electron chi connectivity index (χ2n) is 4.68. The summed E-state index contributed by atoms with van der Waals surface area (Å²) in [6.07, 6.45) is 4.01. The van der Waals surface area contributed by atoms with Crippen molar-refractivity contribution in [3.05, 3.63) is 11.6 Å². The molecule has 0 amide bonds. The number of carbonyl (C=O) groups excluding carboxylic acids is 1. The molecule has 0 N–H and O–H groups in total. The summed E-state index contributed by atoms with van der Waals surface area (Å²) in [6.45, 7) is 8.45. The van der Waals surface area contributed by atoms with Crippen LogP contribution in [0.1, 0.15) is 40.5 Å². The molecule has 0 aromatic rings. The van der Waals surface area contributed by atoms with Crippen LogP contribution in [0.25, 0.3) is 0 Å². The Labute approximate surface area is 74.9 Å². The maximum Gasteiger partial charge on any atom is 0.152 e. The van der Waals surface area contributed by atoms with E-state index < -0.39 is 0 Å². The summed E-state index contributed by atoms with van der Waals surface area (Å²) in [5, 5.41) is 0. The average Bonchev–Trinajstić information content (AvgIpc) is 2.04. The van der Waals surface area contributed by atoms with Gasteiger partial charge in [0.25, 0.3) is 0 Å². The Morgan fingerprint density at radius 1 is 1.58 bits per heavy atom. The van der Waals surface area contributed by atoms with E-state index in [1.54, 1.807) is 6.92 Å². The van der Waals surface area contributed by atoms with Crippen LogP contribution >= 0.6 is 0 Å². The SMILES string of the molecule is CC(=O)/C=C1\CC(C)C(C)(C)C1. The van der Waals surface area contributed by atoms with Crippen LogP contribution in [0, 0.1) is 11.3 Å². The van der Waals surface area contributed by atoms with Gasteiger partial charge in [0.2, 0.25) is 0 Å². The van der Waals surface area contributed by atoms with E-state index in [9.17, 15) is 4.79 Å². The Kier molecular flexibility index (Phi) is 2.41. The largest absolute Gasteiger partial charge is 0.295 e. The van der Waals surface area contributed by atoms with Gasteiger partial charge in [-0.25, -0.2) is 0 Å². The topological polar surface area (TPSA) is 17.1 Å². The fourth-order valence-electron chi connectivity index (χ4n) is 1.90. The normalized spacial score (nSPS) is 31.0. The predicted molar refractivity (Wildman–Crippen MR) is 50.9 cm³/mol. The highest BCUT2D eigenvalue weighted by molar-refractivity contribution is 5.88. The predicted octanol–water partition coefficient (Wildman–Crippen LogP) is 2.96. The molecule has 0 spiro atoms. The van der Waals surface area contributed by atoms with E-state index in [-0.39, 0.29) is 5.78 Å². The third kappa shape index (κ3) is 1.96. The zero-order chi connectivity index (χ0) is 9.35. The minimum absolute atomic E-state index is 0.190. The van der Waals surface area contributed by atoms with E-state index in [2.05, 4.69) is 20.8 Å². The molecule has 1 aliphatic carbocycles. The van der Waals surface area contributed by atoms with Crippen molar-refractivity contribution >= 4 is 5.78 Å². The first-order valence-electron chi connectivity index (χ1n) is 4.62. The number of ketones is 1. The summed E-state index contributed by atoms with van der Waals surface area (Å²) in [5.41, 5.74) is 1.72. The molecule has 1 atom stereocenters. The van der Waals surface area contributed by atoms with Crippen molar-refractivity contribution in [1.82, 2.24) is 0 Å². The molecule has 1 heteroatoms. The molecule has 1 aliphatic rings. The first kappa shape index (κ1) is 9.50. The number of rotatable bonds is 1. The Hall–Kier alpha value is -0.590. The standard InChI is InChI=1S/C11H18O/c1-8-5-10(6-9(2)12)7-11(8,3)4/h6,8H,5,7H2,1-4H3/b10-6+. The molecule has 1 unspecified atom stereocenters. The monoisotopic (exact) mass is 166 g/mol. The lowest BCUT2D eigenvalue weighted by atomic mass is 9.83. The lowest BCUT2D eigenvalue weighted by Gasteiger charge is -2.22. The lowest BCUT2D eigenvalue weighted by molar-refractivity contribution is -0.112. The van der Waals surface area contributed by atoms with Gasteiger partial charge in [0, 0.05) is 0 Å². The summed E-state index contributed by atoms with van der Waals surface area (Å²) in [7, 11) is 0. The first-order valence-corrected chi connectivity index (χ1v) is 4.62. The van der Waals surface area contributed by atoms with Crippen LogP contribution in [0.2, 0.25) is 0 Å². The quantitative estimate of drug-likeness (QED) is 0.547. The van der Waals surface area contributed by atoms with Gasteiger partial charge in [-0.05, 0) is 37.2 Å². The fraction of sp³-hybridized carbons (Fsp3) is 0.727. The molecule has 68 valence electrons. The molecule has 0 saturated heterocycles. The van der Waals surface area contributed by atoms with Gasteiger partial charge in [0.1, 0.15) is 0 Å². The molecule has 0 heterocycles. The third-order valence-electron chi connectivity index (χ3n) is 2.99. The second-order valence-corrected chi connectivity index (χ2v) is 4.68. The average molecular weight is 166 g/mol. The van der Waals surface area contributed by atoms with E-state index in [0.717, 1.165) is 12.8 Å². The highest BCUT2D eigenvalue weighted by atomic mass is 16.1. The van der Waals surface area contributed by atoms with Crippen molar-refractivity contribution in [3.63, 3.8) is 0 Å². The highest BCUT2D eigenvalue weighted by Crippen LogP contribution is 2.45. The van der Waals surface area contributed by atoms with Crippen molar-refractivity contribution in [2.75, 3.05) is 0 Å². The number of hydrogen-bond acceptors (Lipinski definition) is 1. The summed E-state index contributed by atoms with van der Waals surface area (Å²) < 4.78 is 0. The van der Waals surface area contributed by atoms with Gasteiger partial charge >= 0.3 is 0 Å². The molecule has 0 aromatic carbocycles. The molecule has 1 nitrogen and oxygen atoms in total. The van der Waals surface area contributed by atoms with Crippen LogP contribution in [-0.4, -0.2) is 5.78 Å².